The molecule has 3 rings (SSSR count). The maximum Gasteiger partial charge on any atom is 0.247 e. The lowest BCUT2D eigenvalue weighted by Crippen LogP contribution is -1.90. The first-order chi connectivity index (χ1) is 9.50. The standard InChI is InChI=1S/C15H14Cl2N2O/c1-15(2)10(8-11(16)17)12(15)14-19-18-13(20-14)9-6-4-3-5-7-9/h3-8,10,12H,1-2H3. The van der Waals surface area contributed by atoms with Crippen LogP contribution in [0.2, 0.25) is 0 Å². The summed E-state index contributed by atoms with van der Waals surface area (Å²) in [6, 6.07) is 9.73. The van der Waals surface area contributed by atoms with Gasteiger partial charge in [-0.2, -0.15) is 0 Å². The van der Waals surface area contributed by atoms with E-state index in [-0.39, 0.29) is 21.7 Å². The predicted octanol–water partition coefficient (Wildman–Crippen LogP) is 4.80. The van der Waals surface area contributed by atoms with E-state index < -0.39 is 0 Å². The number of aromatic nitrogens is 2. The second-order valence-electron chi connectivity index (χ2n) is 5.59. The molecule has 104 valence electrons. The van der Waals surface area contributed by atoms with Crippen LogP contribution in [0.5, 0.6) is 0 Å². The van der Waals surface area contributed by atoms with Gasteiger partial charge in [0.25, 0.3) is 0 Å². The number of benzene rings is 1. The van der Waals surface area contributed by atoms with Crippen molar-refractivity contribution >= 4 is 23.2 Å². The van der Waals surface area contributed by atoms with Gasteiger partial charge in [0.05, 0.1) is 0 Å². The van der Waals surface area contributed by atoms with Gasteiger partial charge in [0.1, 0.15) is 4.49 Å². The molecule has 0 spiro atoms. The van der Waals surface area contributed by atoms with Gasteiger partial charge in [-0.05, 0) is 29.5 Å². The fourth-order valence-electron chi connectivity index (χ4n) is 2.65. The monoisotopic (exact) mass is 308 g/mol. The van der Waals surface area contributed by atoms with E-state index in [1.54, 1.807) is 0 Å². The molecular weight excluding hydrogens is 295 g/mol. The molecule has 2 aromatic rings. The van der Waals surface area contributed by atoms with Gasteiger partial charge < -0.3 is 4.42 Å². The molecule has 0 bridgehead atoms. The molecule has 2 unspecified atom stereocenters. The molecule has 0 saturated heterocycles. The Kier molecular flexibility index (Phi) is 3.35. The van der Waals surface area contributed by atoms with Crippen LogP contribution < -0.4 is 0 Å². The van der Waals surface area contributed by atoms with Crippen LogP contribution in [0.15, 0.2) is 45.3 Å². The van der Waals surface area contributed by atoms with Crippen molar-refractivity contribution in [3.8, 4) is 11.5 Å². The van der Waals surface area contributed by atoms with Crippen molar-refractivity contribution in [3.05, 3.63) is 46.8 Å². The van der Waals surface area contributed by atoms with Crippen molar-refractivity contribution < 1.29 is 4.42 Å². The summed E-state index contributed by atoms with van der Waals surface area (Å²) in [6.07, 6.45) is 1.85. The lowest BCUT2D eigenvalue weighted by atomic mass is 10.1. The molecule has 1 heterocycles. The summed E-state index contributed by atoms with van der Waals surface area (Å²) >= 11 is 11.5. The highest BCUT2D eigenvalue weighted by molar-refractivity contribution is 6.55. The molecule has 1 aromatic heterocycles. The third-order valence-corrected chi connectivity index (χ3v) is 4.20. The largest absolute Gasteiger partial charge is 0.420 e. The van der Waals surface area contributed by atoms with E-state index in [1.807, 2.05) is 36.4 Å². The Morgan fingerprint density at radius 2 is 1.90 bits per heavy atom. The van der Waals surface area contributed by atoms with Crippen LogP contribution in [0.25, 0.3) is 11.5 Å². The molecule has 2 atom stereocenters. The number of allylic oxidation sites excluding steroid dienone is 1. The van der Waals surface area contributed by atoms with E-state index in [2.05, 4.69) is 24.0 Å². The third kappa shape index (κ3) is 2.36. The Hall–Kier alpha value is -1.32. The molecule has 0 amide bonds. The fraction of sp³-hybridized carbons (Fsp3) is 0.333. The number of nitrogens with zero attached hydrogens (tertiary/aromatic N) is 2. The van der Waals surface area contributed by atoms with Gasteiger partial charge >= 0.3 is 0 Å². The number of hydrogen-bond donors (Lipinski definition) is 0. The number of rotatable bonds is 3. The van der Waals surface area contributed by atoms with Crippen LogP contribution in [-0.2, 0) is 0 Å². The molecule has 1 saturated carbocycles. The molecule has 20 heavy (non-hydrogen) atoms. The average Bonchev–Trinajstić information content (AvgIpc) is 2.80. The molecule has 1 aliphatic carbocycles. The molecule has 1 fully saturated rings. The van der Waals surface area contributed by atoms with Gasteiger partial charge in [-0.25, -0.2) is 0 Å². The van der Waals surface area contributed by atoms with Gasteiger partial charge in [0.15, 0.2) is 0 Å². The topological polar surface area (TPSA) is 38.9 Å². The molecule has 3 nitrogen and oxygen atoms in total. The molecule has 1 aromatic carbocycles. The highest BCUT2D eigenvalue weighted by atomic mass is 35.5. The maximum absolute atomic E-state index is 5.80. The predicted molar refractivity (Wildman–Crippen MR) is 79.5 cm³/mol. The summed E-state index contributed by atoms with van der Waals surface area (Å²) in [5, 5.41) is 8.30. The summed E-state index contributed by atoms with van der Waals surface area (Å²) < 4.78 is 6.09. The summed E-state index contributed by atoms with van der Waals surface area (Å²) in [5.41, 5.74) is 0.961. The molecule has 0 N–H and O–H groups in total. The van der Waals surface area contributed by atoms with E-state index in [4.69, 9.17) is 27.6 Å². The van der Waals surface area contributed by atoms with Gasteiger partial charge in [0.2, 0.25) is 11.8 Å². The van der Waals surface area contributed by atoms with E-state index in [0.29, 0.717) is 11.8 Å². The Morgan fingerprint density at radius 1 is 1.20 bits per heavy atom. The van der Waals surface area contributed by atoms with E-state index in [9.17, 15) is 0 Å². The molecular formula is C15H14Cl2N2O. The zero-order valence-electron chi connectivity index (χ0n) is 11.2. The SMILES string of the molecule is CC1(C)C(C=C(Cl)Cl)C1c1nnc(-c2ccccc2)o1. The van der Waals surface area contributed by atoms with Crippen molar-refractivity contribution in [2.45, 2.75) is 19.8 Å². The van der Waals surface area contributed by atoms with Gasteiger partial charge in [-0.15, -0.1) is 10.2 Å². The molecule has 5 heteroatoms. The third-order valence-electron chi connectivity index (χ3n) is 3.94. The lowest BCUT2D eigenvalue weighted by Gasteiger charge is -1.97. The highest BCUT2D eigenvalue weighted by Crippen LogP contribution is 2.65. The first kappa shape index (κ1) is 13.7. The average molecular weight is 309 g/mol. The summed E-state index contributed by atoms with van der Waals surface area (Å²) in [6.45, 7) is 4.28. The zero-order chi connectivity index (χ0) is 14.3. The Bertz CT molecular complexity index is 645. The van der Waals surface area contributed by atoms with Gasteiger partial charge in [-0.1, -0.05) is 55.2 Å². The van der Waals surface area contributed by atoms with Crippen LogP contribution in [0.4, 0.5) is 0 Å². The lowest BCUT2D eigenvalue weighted by molar-refractivity contribution is 0.476. The Morgan fingerprint density at radius 3 is 2.55 bits per heavy atom. The smallest absolute Gasteiger partial charge is 0.247 e. The minimum Gasteiger partial charge on any atom is -0.420 e. The molecule has 0 radical (unpaired) electrons. The van der Waals surface area contributed by atoms with Crippen LogP contribution in [0.3, 0.4) is 0 Å². The van der Waals surface area contributed by atoms with Crippen LogP contribution in [0.1, 0.15) is 25.7 Å². The first-order valence-electron chi connectivity index (χ1n) is 6.42. The summed E-state index contributed by atoms with van der Waals surface area (Å²) in [5.74, 6) is 1.59. The Labute approximate surface area is 127 Å². The van der Waals surface area contributed by atoms with E-state index in [0.717, 1.165) is 5.56 Å². The van der Waals surface area contributed by atoms with Gasteiger partial charge in [-0.3, -0.25) is 0 Å². The second kappa shape index (κ2) is 4.90. The maximum atomic E-state index is 5.80. The highest BCUT2D eigenvalue weighted by Gasteiger charge is 2.60. The van der Waals surface area contributed by atoms with Crippen molar-refractivity contribution in [1.29, 1.82) is 0 Å². The normalized spacial score (nSPS) is 23.4. The van der Waals surface area contributed by atoms with Crippen molar-refractivity contribution in [2.24, 2.45) is 11.3 Å². The second-order valence-corrected chi connectivity index (χ2v) is 6.60. The van der Waals surface area contributed by atoms with Crippen molar-refractivity contribution in [3.63, 3.8) is 0 Å². The number of halogens is 2. The molecule has 0 aliphatic heterocycles. The first-order valence-corrected chi connectivity index (χ1v) is 7.17. The van der Waals surface area contributed by atoms with Gasteiger partial charge in [0, 0.05) is 11.5 Å². The van der Waals surface area contributed by atoms with Crippen molar-refractivity contribution in [1.82, 2.24) is 10.2 Å². The fourth-order valence-corrected chi connectivity index (χ4v) is 2.93. The summed E-state index contributed by atoms with van der Waals surface area (Å²) in [7, 11) is 0. The van der Waals surface area contributed by atoms with E-state index >= 15 is 0 Å². The zero-order valence-corrected chi connectivity index (χ0v) is 12.7. The molecule has 1 aliphatic rings. The summed E-state index contributed by atoms with van der Waals surface area (Å²) in [4.78, 5) is 0. The minimum atomic E-state index is 0.0372. The van der Waals surface area contributed by atoms with Crippen LogP contribution >= 0.6 is 23.2 Å². The quantitative estimate of drug-likeness (QED) is 0.818. The van der Waals surface area contributed by atoms with Crippen LogP contribution in [0, 0.1) is 11.3 Å². The minimum absolute atomic E-state index is 0.0372. The van der Waals surface area contributed by atoms with Crippen LogP contribution in [-0.4, -0.2) is 10.2 Å². The Balaban J connectivity index is 1.87. The van der Waals surface area contributed by atoms with Crippen molar-refractivity contribution in [2.75, 3.05) is 0 Å². The number of hydrogen-bond acceptors (Lipinski definition) is 3. The van der Waals surface area contributed by atoms with E-state index in [1.165, 1.54) is 0 Å².